The topological polar surface area (TPSA) is 34.9 Å². The van der Waals surface area contributed by atoms with Gasteiger partial charge in [0.1, 0.15) is 6.29 Å². The van der Waals surface area contributed by atoms with Gasteiger partial charge in [-0.3, -0.25) is 4.79 Å². The Morgan fingerprint density at radius 2 is 1.71 bits per heavy atom. The van der Waals surface area contributed by atoms with E-state index in [1.54, 1.807) is 0 Å². The Labute approximate surface area is 185 Å². The van der Waals surface area contributed by atoms with E-state index in [4.69, 9.17) is 11.6 Å². The van der Waals surface area contributed by atoms with Crippen molar-refractivity contribution in [1.29, 1.82) is 0 Å². The van der Waals surface area contributed by atoms with Crippen LogP contribution in [0.5, 0.6) is 0 Å². The van der Waals surface area contributed by atoms with Crippen molar-refractivity contribution in [1.82, 2.24) is 9.55 Å². The second-order valence-corrected chi connectivity index (χ2v) is 7.97. The number of carbonyl (C=O) groups is 1. The molecule has 0 aliphatic rings. The van der Waals surface area contributed by atoms with Crippen molar-refractivity contribution < 1.29 is 4.79 Å². The Balaban J connectivity index is 1.40. The molecule has 0 unspecified atom stereocenters. The Kier molecular flexibility index (Phi) is 5.11. The maximum absolute atomic E-state index is 11.1. The fourth-order valence-corrected chi connectivity index (χ4v) is 3.95. The molecule has 0 amide bonds. The molecule has 2 aromatic heterocycles. The molecule has 0 radical (unpaired) electrons. The van der Waals surface area contributed by atoms with E-state index in [0.29, 0.717) is 10.6 Å². The zero-order valence-electron chi connectivity index (χ0n) is 16.7. The number of hydrogen-bond acceptors (Lipinski definition) is 2. The van der Waals surface area contributed by atoms with Gasteiger partial charge in [0.05, 0.1) is 11.2 Å². The van der Waals surface area contributed by atoms with E-state index >= 15 is 0 Å². The molecule has 0 N–H and O–H groups in total. The molecule has 31 heavy (non-hydrogen) atoms. The van der Waals surface area contributed by atoms with Gasteiger partial charge in [-0.2, -0.15) is 0 Å². The van der Waals surface area contributed by atoms with Crippen molar-refractivity contribution in [2.45, 2.75) is 6.54 Å². The average Bonchev–Trinajstić information content (AvgIpc) is 3.19. The number of pyridine rings is 1. The molecule has 0 bridgehead atoms. The van der Waals surface area contributed by atoms with Crippen LogP contribution < -0.4 is 0 Å². The van der Waals surface area contributed by atoms with Gasteiger partial charge in [0.25, 0.3) is 0 Å². The van der Waals surface area contributed by atoms with Crippen molar-refractivity contribution >= 4 is 51.8 Å². The molecule has 3 nitrogen and oxygen atoms in total. The van der Waals surface area contributed by atoms with Crippen LogP contribution in [0.25, 0.3) is 34.0 Å². The van der Waals surface area contributed by atoms with Crippen LogP contribution in [0.2, 0.25) is 5.02 Å². The zero-order chi connectivity index (χ0) is 21.2. The summed E-state index contributed by atoms with van der Waals surface area (Å²) in [5.74, 6) is 0. The Hall–Kier alpha value is -3.69. The minimum Gasteiger partial charge on any atom is -0.343 e. The lowest BCUT2D eigenvalue weighted by Crippen LogP contribution is -1.98. The van der Waals surface area contributed by atoms with Crippen molar-refractivity contribution in [2.75, 3.05) is 0 Å². The number of carbonyl (C=O) groups excluding carboxylic acids is 1. The van der Waals surface area contributed by atoms with Gasteiger partial charge in [-0.1, -0.05) is 60.1 Å². The highest BCUT2D eigenvalue weighted by Crippen LogP contribution is 2.21. The lowest BCUT2D eigenvalue weighted by Gasteiger charge is -2.07. The molecular weight excluding hydrogens is 404 g/mol. The quantitative estimate of drug-likeness (QED) is 0.289. The van der Waals surface area contributed by atoms with E-state index in [-0.39, 0.29) is 0 Å². The molecule has 2 heterocycles. The van der Waals surface area contributed by atoms with Gasteiger partial charge >= 0.3 is 0 Å². The maximum Gasteiger partial charge on any atom is 0.150 e. The van der Waals surface area contributed by atoms with Gasteiger partial charge in [-0.05, 0) is 59.0 Å². The summed E-state index contributed by atoms with van der Waals surface area (Å²) in [6, 6.07) is 26.1. The number of hydrogen-bond donors (Lipinski definition) is 0. The predicted octanol–water partition coefficient (Wildman–Crippen LogP) is 6.87. The van der Waals surface area contributed by atoms with Crippen LogP contribution in [0.1, 0.15) is 27.2 Å². The highest BCUT2D eigenvalue weighted by atomic mass is 35.5. The van der Waals surface area contributed by atoms with Gasteiger partial charge in [0, 0.05) is 34.2 Å². The number of aldehydes is 1. The molecule has 4 heteroatoms. The van der Waals surface area contributed by atoms with E-state index < -0.39 is 0 Å². The van der Waals surface area contributed by atoms with Gasteiger partial charge in [0.15, 0.2) is 0 Å². The van der Waals surface area contributed by atoms with E-state index in [1.165, 1.54) is 5.56 Å². The first kappa shape index (κ1) is 19.3. The molecule has 5 rings (SSSR count). The molecule has 3 aromatic carbocycles. The fourth-order valence-electron chi connectivity index (χ4n) is 3.78. The van der Waals surface area contributed by atoms with Gasteiger partial charge in [-0.25, -0.2) is 4.98 Å². The van der Waals surface area contributed by atoms with E-state index in [1.807, 2.05) is 48.5 Å². The monoisotopic (exact) mass is 422 g/mol. The lowest BCUT2D eigenvalue weighted by atomic mass is 10.1. The zero-order valence-corrected chi connectivity index (χ0v) is 17.5. The molecule has 0 saturated carbocycles. The van der Waals surface area contributed by atoms with Crippen LogP contribution in [-0.2, 0) is 6.54 Å². The van der Waals surface area contributed by atoms with Crippen LogP contribution in [0.15, 0.2) is 85.1 Å². The SMILES string of the molecule is O=Cc1ccc2ccn(Cc3cccc(/C=C/c4ccc5ccc(Cl)cc5n4)c3)c2c1. The number of rotatable bonds is 5. The van der Waals surface area contributed by atoms with Crippen LogP contribution >= 0.6 is 11.6 Å². The highest BCUT2D eigenvalue weighted by Gasteiger charge is 2.04. The molecule has 150 valence electrons. The van der Waals surface area contributed by atoms with E-state index in [9.17, 15) is 4.79 Å². The van der Waals surface area contributed by atoms with Crippen LogP contribution in [0.4, 0.5) is 0 Å². The number of fused-ring (bicyclic) bond motifs is 2. The molecular formula is C27H19ClN2O. The van der Waals surface area contributed by atoms with Crippen LogP contribution in [0.3, 0.4) is 0 Å². The molecule has 0 aliphatic heterocycles. The molecule has 0 fully saturated rings. The summed E-state index contributed by atoms with van der Waals surface area (Å²) < 4.78 is 2.17. The smallest absolute Gasteiger partial charge is 0.150 e. The number of halogens is 1. The van der Waals surface area contributed by atoms with Crippen LogP contribution in [0, 0.1) is 0 Å². The second-order valence-electron chi connectivity index (χ2n) is 7.53. The number of nitrogens with zero attached hydrogens (tertiary/aromatic N) is 2. The molecule has 0 atom stereocenters. The first-order valence-corrected chi connectivity index (χ1v) is 10.4. The van der Waals surface area contributed by atoms with Gasteiger partial charge < -0.3 is 4.57 Å². The summed E-state index contributed by atoms with van der Waals surface area (Å²) in [6.45, 7) is 0.736. The summed E-state index contributed by atoms with van der Waals surface area (Å²) in [5, 5.41) is 2.89. The first-order valence-electron chi connectivity index (χ1n) is 10.1. The highest BCUT2D eigenvalue weighted by molar-refractivity contribution is 6.31. The number of benzene rings is 3. The number of aromatic nitrogens is 2. The van der Waals surface area contributed by atoms with Crippen molar-refractivity contribution in [3.63, 3.8) is 0 Å². The summed E-state index contributed by atoms with van der Waals surface area (Å²) in [6.07, 6.45) is 7.03. The third-order valence-corrected chi connectivity index (χ3v) is 5.60. The Bertz CT molecular complexity index is 1450. The molecule has 5 aromatic rings. The summed E-state index contributed by atoms with van der Waals surface area (Å²) in [5.41, 5.74) is 5.82. The van der Waals surface area contributed by atoms with Crippen LogP contribution in [-0.4, -0.2) is 15.8 Å². The molecule has 0 saturated heterocycles. The van der Waals surface area contributed by atoms with Gasteiger partial charge in [-0.15, -0.1) is 0 Å². The standard InChI is InChI=1S/C27H19ClN2O/c28-24-9-7-22-8-11-25(29-26(22)16-24)10-5-19-2-1-3-20(14-19)17-30-13-12-23-6-4-21(18-31)15-27(23)30/h1-16,18H,17H2/b10-5+. The molecule has 0 aliphatic carbocycles. The third kappa shape index (κ3) is 4.14. The molecule has 0 spiro atoms. The van der Waals surface area contributed by atoms with Crippen molar-refractivity contribution in [3.8, 4) is 0 Å². The summed E-state index contributed by atoms with van der Waals surface area (Å²) in [7, 11) is 0. The van der Waals surface area contributed by atoms with E-state index in [2.05, 4.69) is 58.2 Å². The minimum atomic E-state index is 0.687. The largest absolute Gasteiger partial charge is 0.343 e. The third-order valence-electron chi connectivity index (χ3n) is 5.36. The summed E-state index contributed by atoms with van der Waals surface area (Å²) >= 11 is 6.10. The van der Waals surface area contributed by atoms with Crippen molar-refractivity contribution in [3.05, 3.63) is 112 Å². The normalized spacial score (nSPS) is 11.5. The average molecular weight is 423 g/mol. The minimum absolute atomic E-state index is 0.687. The fraction of sp³-hybridized carbons (Fsp3) is 0.0370. The maximum atomic E-state index is 11.1. The van der Waals surface area contributed by atoms with Crippen molar-refractivity contribution in [2.24, 2.45) is 0 Å². The predicted molar refractivity (Wildman–Crippen MR) is 129 cm³/mol. The first-order chi connectivity index (χ1) is 15.2. The van der Waals surface area contributed by atoms with Gasteiger partial charge in [0.2, 0.25) is 0 Å². The second kappa shape index (κ2) is 8.21. The lowest BCUT2D eigenvalue weighted by molar-refractivity contribution is 0.112. The Morgan fingerprint density at radius 3 is 2.61 bits per heavy atom. The van der Waals surface area contributed by atoms with E-state index in [0.717, 1.165) is 45.9 Å². The Morgan fingerprint density at radius 1 is 0.839 bits per heavy atom. The summed E-state index contributed by atoms with van der Waals surface area (Å²) in [4.78, 5) is 15.8.